The molecule has 0 fully saturated rings. The summed E-state index contributed by atoms with van der Waals surface area (Å²) in [7, 11) is 0. The van der Waals surface area contributed by atoms with Gasteiger partial charge in [0, 0.05) is 5.56 Å². The van der Waals surface area contributed by atoms with Gasteiger partial charge in [-0.25, -0.2) is 0 Å². The molecule has 16 heavy (non-hydrogen) atoms. The third-order valence-corrected chi connectivity index (χ3v) is 2.47. The highest BCUT2D eigenvalue weighted by atomic mass is 35.5. The number of hydrogen-bond acceptors (Lipinski definition) is 2. The lowest BCUT2D eigenvalue weighted by molar-refractivity contribution is -0.0193. The standard InChI is InChI=1S/C13H11ClO2/c14-11-8-4-5-9-12(11)16-13(15)10-6-2-1-3-7-10/h1-9,13,15H. The molecular formula is C13H11ClO2. The highest BCUT2D eigenvalue weighted by molar-refractivity contribution is 6.32. The minimum Gasteiger partial charge on any atom is -0.459 e. The SMILES string of the molecule is OC(Oc1ccccc1Cl)c1ccccc1. The van der Waals surface area contributed by atoms with Gasteiger partial charge in [0.15, 0.2) is 0 Å². The number of aliphatic hydroxyl groups excluding tert-OH is 1. The second kappa shape index (κ2) is 5.01. The van der Waals surface area contributed by atoms with Crippen LogP contribution in [0.25, 0.3) is 0 Å². The molecule has 2 rings (SSSR count). The molecule has 2 aromatic rings. The van der Waals surface area contributed by atoms with Gasteiger partial charge in [-0.05, 0) is 12.1 Å². The molecule has 1 atom stereocenters. The molecular weight excluding hydrogens is 224 g/mol. The van der Waals surface area contributed by atoms with Crippen LogP contribution in [0.1, 0.15) is 11.9 Å². The number of halogens is 1. The van der Waals surface area contributed by atoms with Crippen LogP contribution in [-0.4, -0.2) is 5.11 Å². The fourth-order valence-corrected chi connectivity index (χ4v) is 1.53. The van der Waals surface area contributed by atoms with Crippen molar-refractivity contribution in [3.63, 3.8) is 0 Å². The van der Waals surface area contributed by atoms with Gasteiger partial charge in [-0.2, -0.15) is 0 Å². The monoisotopic (exact) mass is 234 g/mol. The lowest BCUT2D eigenvalue weighted by atomic mass is 10.2. The van der Waals surface area contributed by atoms with E-state index in [-0.39, 0.29) is 0 Å². The Morgan fingerprint density at radius 1 is 0.938 bits per heavy atom. The third kappa shape index (κ3) is 2.54. The van der Waals surface area contributed by atoms with Crippen LogP contribution in [0.2, 0.25) is 5.02 Å². The zero-order valence-electron chi connectivity index (χ0n) is 8.51. The number of benzene rings is 2. The number of para-hydroxylation sites is 1. The van der Waals surface area contributed by atoms with Crippen LogP contribution in [0.15, 0.2) is 54.6 Å². The molecule has 0 amide bonds. The second-order valence-electron chi connectivity index (χ2n) is 3.31. The number of rotatable bonds is 3. The first-order chi connectivity index (χ1) is 7.77. The summed E-state index contributed by atoms with van der Waals surface area (Å²) in [5.74, 6) is 0.473. The van der Waals surface area contributed by atoms with Gasteiger partial charge < -0.3 is 9.84 Å². The molecule has 1 N–H and O–H groups in total. The van der Waals surface area contributed by atoms with Gasteiger partial charge in [0.25, 0.3) is 0 Å². The van der Waals surface area contributed by atoms with Crippen molar-refractivity contribution >= 4 is 11.6 Å². The largest absolute Gasteiger partial charge is 0.459 e. The Morgan fingerprint density at radius 2 is 1.56 bits per heavy atom. The van der Waals surface area contributed by atoms with E-state index in [1.54, 1.807) is 30.3 Å². The second-order valence-corrected chi connectivity index (χ2v) is 3.72. The molecule has 3 heteroatoms. The number of hydrogen-bond donors (Lipinski definition) is 1. The van der Waals surface area contributed by atoms with E-state index in [4.69, 9.17) is 16.3 Å². The number of ether oxygens (including phenoxy) is 1. The normalized spacial score (nSPS) is 12.1. The minimum atomic E-state index is -0.999. The van der Waals surface area contributed by atoms with Crippen LogP contribution in [0.4, 0.5) is 0 Å². The zero-order valence-corrected chi connectivity index (χ0v) is 9.26. The van der Waals surface area contributed by atoms with E-state index in [2.05, 4.69) is 0 Å². The van der Waals surface area contributed by atoms with Crippen LogP contribution < -0.4 is 4.74 Å². The van der Waals surface area contributed by atoms with E-state index < -0.39 is 6.29 Å². The lowest BCUT2D eigenvalue weighted by Gasteiger charge is -2.14. The van der Waals surface area contributed by atoms with Gasteiger partial charge in [0.2, 0.25) is 6.29 Å². The zero-order chi connectivity index (χ0) is 11.4. The molecule has 0 aliphatic heterocycles. The van der Waals surface area contributed by atoms with Gasteiger partial charge in [0.1, 0.15) is 5.75 Å². The average molecular weight is 235 g/mol. The van der Waals surface area contributed by atoms with Gasteiger partial charge in [-0.1, -0.05) is 54.1 Å². The van der Waals surface area contributed by atoms with Gasteiger partial charge in [-0.15, -0.1) is 0 Å². The molecule has 0 aliphatic rings. The maximum Gasteiger partial charge on any atom is 0.224 e. The topological polar surface area (TPSA) is 29.5 Å². The van der Waals surface area contributed by atoms with Crippen LogP contribution >= 0.6 is 11.6 Å². The van der Waals surface area contributed by atoms with Crippen molar-refractivity contribution < 1.29 is 9.84 Å². The quantitative estimate of drug-likeness (QED) is 0.825. The highest BCUT2D eigenvalue weighted by Crippen LogP contribution is 2.27. The first-order valence-corrected chi connectivity index (χ1v) is 5.29. The van der Waals surface area contributed by atoms with Crippen LogP contribution in [0.5, 0.6) is 5.75 Å². The first kappa shape index (κ1) is 11.0. The Morgan fingerprint density at radius 3 is 2.25 bits per heavy atom. The van der Waals surface area contributed by atoms with Crippen molar-refractivity contribution in [2.24, 2.45) is 0 Å². The van der Waals surface area contributed by atoms with E-state index in [1.807, 2.05) is 24.3 Å². The molecule has 0 saturated carbocycles. The summed E-state index contributed by atoms with van der Waals surface area (Å²) in [6.45, 7) is 0. The minimum absolute atomic E-state index is 0.473. The fraction of sp³-hybridized carbons (Fsp3) is 0.0769. The molecule has 0 bridgehead atoms. The molecule has 0 aliphatic carbocycles. The molecule has 0 spiro atoms. The van der Waals surface area contributed by atoms with E-state index in [1.165, 1.54) is 0 Å². The predicted molar refractivity (Wildman–Crippen MR) is 63.5 cm³/mol. The van der Waals surface area contributed by atoms with Gasteiger partial charge >= 0.3 is 0 Å². The molecule has 0 aromatic heterocycles. The molecule has 0 saturated heterocycles. The Labute approximate surface area is 99.1 Å². The Kier molecular flexibility index (Phi) is 3.44. The van der Waals surface area contributed by atoms with E-state index in [0.29, 0.717) is 16.3 Å². The van der Waals surface area contributed by atoms with Gasteiger partial charge in [-0.3, -0.25) is 0 Å². The summed E-state index contributed by atoms with van der Waals surface area (Å²) in [5.41, 5.74) is 0.697. The summed E-state index contributed by atoms with van der Waals surface area (Å²) >= 11 is 5.92. The maximum atomic E-state index is 9.82. The van der Waals surface area contributed by atoms with Gasteiger partial charge in [0.05, 0.1) is 5.02 Å². The molecule has 82 valence electrons. The van der Waals surface area contributed by atoms with Crippen molar-refractivity contribution in [2.45, 2.75) is 6.29 Å². The van der Waals surface area contributed by atoms with Crippen molar-refractivity contribution in [1.29, 1.82) is 0 Å². The van der Waals surface area contributed by atoms with E-state index in [9.17, 15) is 5.11 Å². The maximum absolute atomic E-state index is 9.82. The van der Waals surface area contributed by atoms with Crippen LogP contribution in [0, 0.1) is 0 Å². The Hall–Kier alpha value is -1.51. The predicted octanol–water partition coefficient (Wildman–Crippen LogP) is 3.41. The molecule has 1 unspecified atom stereocenters. The van der Waals surface area contributed by atoms with Crippen molar-refractivity contribution in [3.8, 4) is 5.75 Å². The summed E-state index contributed by atoms with van der Waals surface area (Å²) in [4.78, 5) is 0. The number of aliphatic hydroxyl groups is 1. The Balaban J connectivity index is 2.14. The lowest BCUT2D eigenvalue weighted by Crippen LogP contribution is -2.06. The Bertz CT molecular complexity index is 456. The molecule has 2 aromatic carbocycles. The summed E-state index contributed by atoms with van der Waals surface area (Å²) in [6, 6.07) is 16.2. The smallest absolute Gasteiger partial charge is 0.224 e. The molecule has 0 heterocycles. The molecule has 0 radical (unpaired) electrons. The van der Waals surface area contributed by atoms with Crippen molar-refractivity contribution in [2.75, 3.05) is 0 Å². The summed E-state index contributed by atoms with van der Waals surface area (Å²) in [6.07, 6.45) is -0.999. The fourth-order valence-electron chi connectivity index (χ4n) is 1.35. The van der Waals surface area contributed by atoms with Crippen LogP contribution in [0.3, 0.4) is 0 Å². The highest BCUT2D eigenvalue weighted by Gasteiger charge is 2.09. The van der Waals surface area contributed by atoms with Crippen LogP contribution in [-0.2, 0) is 0 Å². The van der Waals surface area contributed by atoms with E-state index >= 15 is 0 Å². The van der Waals surface area contributed by atoms with Crippen molar-refractivity contribution in [1.82, 2.24) is 0 Å². The summed E-state index contributed by atoms with van der Waals surface area (Å²) < 4.78 is 5.35. The average Bonchev–Trinajstić information content (AvgIpc) is 2.33. The first-order valence-electron chi connectivity index (χ1n) is 4.91. The van der Waals surface area contributed by atoms with Crippen molar-refractivity contribution in [3.05, 3.63) is 65.2 Å². The summed E-state index contributed by atoms with van der Waals surface area (Å²) in [5, 5.41) is 10.3. The molecule has 2 nitrogen and oxygen atoms in total. The third-order valence-electron chi connectivity index (χ3n) is 2.16. The van der Waals surface area contributed by atoms with E-state index in [0.717, 1.165) is 0 Å².